The van der Waals surface area contributed by atoms with Gasteiger partial charge in [0.15, 0.2) is 0 Å². The normalized spacial score (nSPS) is 24.0. The molecule has 1 aromatic heterocycles. The van der Waals surface area contributed by atoms with E-state index < -0.39 is 0 Å². The van der Waals surface area contributed by atoms with Gasteiger partial charge in [-0.25, -0.2) is 0 Å². The van der Waals surface area contributed by atoms with Crippen molar-refractivity contribution in [2.45, 2.75) is 45.2 Å². The average Bonchev–Trinajstić information content (AvgIpc) is 3.40. The molecule has 2 saturated carbocycles. The monoisotopic (exact) mass is 369 g/mol. The number of ether oxygens (including phenoxy) is 1. The highest BCUT2D eigenvalue weighted by atomic mass is 32.1. The summed E-state index contributed by atoms with van der Waals surface area (Å²) < 4.78 is 5.50. The molecule has 0 N–H and O–H groups in total. The maximum atomic E-state index is 13.2. The highest BCUT2D eigenvalue weighted by molar-refractivity contribution is 7.09. The van der Waals surface area contributed by atoms with Crippen LogP contribution in [0.4, 0.5) is 0 Å². The summed E-state index contributed by atoms with van der Waals surface area (Å²) >= 11 is 1.72. The summed E-state index contributed by atoms with van der Waals surface area (Å²) in [5.74, 6) is 3.43. The van der Waals surface area contributed by atoms with Gasteiger partial charge in [-0.05, 0) is 54.5 Å². The number of fused-ring (bicyclic) bond motifs is 2. The molecule has 1 heterocycles. The Morgan fingerprint density at radius 1 is 1.15 bits per heavy atom. The van der Waals surface area contributed by atoms with Crippen molar-refractivity contribution in [1.82, 2.24) is 4.90 Å². The lowest BCUT2D eigenvalue weighted by Crippen LogP contribution is -2.32. The predicted octanol–water partition coefficient (Wildman–Crippen LogP) is 5.11. The van der Waals surface area contributed by atoms with Gasteiger partial charge in [-0.1, -0.05) is 30.7 Å². The molecule has 0 spiro atoms. The van der Waals surface area contributed by atoms with Gasteiger partial charge in [0.1, 0.15) is 5.75 Å². The Balaban J connectivity index is 1.49. The van der Waals surface area contributed by atoms with Crippen molar-refractivity contribution in [2.24, 2.45) is 17.8 Å². The number of hydrogen-bond donors (Lipinski definition) is 0. The fourth-order valence-corrected chi connectivity index (χ4v) is 5.56. The number of hydrogen-bond acceptors (Lipinski definition) is 3. The lowest BCUT2D eigenvalue weighted by molar-refractivity contribution is -0.133. The maximum absolute atomic E-state index is 13.2. The van der Waals surface area contributed by atoms with Crippen LogP contribution in [0.15, 0.2) is 41.8 Å². The Hall–Kier alpha value is -1.81. The first kappa shape index (κ1) is 17.6. The molecule has 2 bridgehead atoms. The molecular formula is C22H27NO2S. The van der Waals surface area contributed by atoms with Crippen molar-refractivity contribution in [3.63, 3.8) is 0 Å². The van der Waals surface area contributed by atoms with Gasteiger partial charge in [-0.2, -0.15) is 0 Å². The summed E-state index contributed by atoms with van der Waals surface area (Å²) in [5, 5.41) is 2.08. The van der Waals surface area contributed by atoms with Crippen molar-refractivity contribution < 1.29 is 9.53 Å². The standard InChI is InChI=1S/C22H27NO2S/c1-25-21-7-3-2-5-18(21)14-23(15-20-6-4-10-26-20)22(24)13-19-12-16-8-9-17(19)11-16/h2-7,10,16-17,19H,8-9,11-15H2,1H3. The molecule has 2 fully saturated rings. The summed E-state index contributed by atoms with van der Waals surface area (Å²) in [6.45, 7) is 1.30. The quantitative estimate of drug-likeness (QED) is 0.678. The molecule has 1 amide bonds. The minimum atomic E-state index is 0.293. The molecule has 138 valence electrons. The van der Waals surface area contributed by atoms with Crippen molar-refractivity contribution >= 4 is 17.2 Å². The number of carbonyl (C=O) groups excluding carboxylic acids is 1. The van der Waals surface area contributed by atoms with Crippen molar-refractivity contribution in [3.05, 3.63) is 52.2 Å². The van der Waals surface area contributed by atoms with E-state index >= 15 is 0 Å². The second-order valence-corrected chi connectivity index (χ2v) is 8.81. The highest BCUT2D eigenvalue weighted by Crippen LogP contribution is 2.49. The topological polar surface area (TPSA) is 29.5 Å². The van der Waals surface area contributed by atoms with Gasteiger partial charge in [0, 0.05) is 23.4 Å². The highest BCUT2D eigenvalue weighted by Gasteiger charge is 2.40. The second kappa shape index (κ2) is 7.83. The molecule has 2 aromatic rings. The largest absolute Gasteiger partial charge is 0.496 e. The van der Waals surface area contributed by atoms with Crippen LogP contribution in [-0.4, -0.2) is 17.9 Å². The van der Waals surface area contributed by atoms with E-state index in [4.69, 9.17) is 4.74 Å². The third kappa shape index (κ3) is 3.80. The van der Waals surface area contributed by atoms with Crippen molar-refractivity contribution in [3.8, 4) is 5.75 Å². The van der Waals surface area contributed by atoms with Gasteiger partial charge in [-0.15, -0.1) is 11.3 Å². The maximum Gasteiger partial charge on any atom is 0.223 e. The lowest BCUT2D eigenvalue weighted by Gasteiger charge is -2.27. The van der Waals surface area contributed by atoms with E-state index in [2.05, 4.69) is 23.6 Å². The van der Waals surface area contributed by atoms with Crippen LogP contribution in [0.5, 0.6) is 5.75 Å². The van der Waals surface area contributed by atoms with E-state index in [0.29, 0.717) is 31.3 Å². The number of benzene rings is 1. The molecular weight excluding hydrogens is 342 g/mol. The van der Waals surface area contributed by atoms with Gasteiger partial charge >= 0.3 is 0 Å². The van der Waals surface area contributed by atoms with Crippen LogP contribution in [0.25, 0.3) is 0 Å². The number of methoxy groups -OCH3 is 1. The summed E-state index contributed by atoms with van der Waals surface area (Å²) in [7, 11) is 1.69. The fraction of sp³-hybridized carbons (Fsp3) is 0.500. The molecule has 4 rings (SSSR count). The molecule has 4 heteroatoms. The molecule has 2 aliphatic rings. The second-order valence-electron chi connectivity index (χ2n) is 7.78. The molecule has 3 atom stereocenters. The van der Waals surface area contributed by atoms with Crippen LogP contribution < -0.4 is 4.74 Å². The number of rotatable bonds is 7. The summed E-state index contributed by atoms with van der Waals surface area (Å²) in [6, 6.07) is 12.2. The molecule has 3 unspecified atom stereocenters. The number of carbonyl (C=O) groups is 1. The Labute approximate surface area is 160 Å². The van der Waals surface area contributed by atoms with E-state index in [1.807, 2.05) is 23.1 Å². The molecule has 0 saturated heterocycles. The Bertz CT molecular complexity index is 742. The van der Waals surface area contributed by atoms with Gasteiger partial charge in [-0.3, -0.25) is 4.79 Å². The minimum Gasteiger partial charge on any atom is -0.496 e. The number of amides is 1. The van der Waals surface area contributed by atoms with Crippen LogP contribution >= 0.6 is 11.3 Å². The van der Waals surface area contributed by atoms with E-state index in [0.717, 1.165) is 23.1 Å². The molecule has 1 aromatic carbocycles. The molecule has 26 heavy (non-hydrogen) atoms. The number of nitrogens with zero attached hydrogens (tertiary/aromatic N) is 1. The van der Waals surface area contributed by atoms with Crippen LogP contribution in [0.2, 0.25) is 0 Å². The smallest absolute Gasteiger partial charge is 0.223 e. The SMILES string of the molecule is COc1ccccc1CN(Cc1cccs1)C(=O)CC1CC2CCC1C2. The summed E-state index contributed by atoms with van der Waals surface area (Å²) in [5.41, 5.74) is 1.08. The molecule has 3 nitrogen and oxygen atoms in total. The van der Waals surface area contributed by atoms with Crippen LogP contribution in [0.1, 0.15) is 42.5 Å². The lowest BCUT2D eigenvalue weighted by atomic mass is 9.86. The van der Waals surface area contributed by atoms with Crippen LogP contribution in [-0.2, 0) is 17.9 Å². The zero-order valence-corrected chi connectivity index (χ0v) is 16.2. The Morgan fingerprint density at radius 3 is 2.73 bits per heavy atom. The molecule has 2 aliphatic carbocycles. The third-order valence-electron chi connectivity index (χ3n) is 6.15. The Kier molecular flexibility index (Phi) is 5.30. The first-order chi connectivity index (χ1) is 12.7. The van der Waals surface area contributed by atoms with Gasteiger partial charge < -0.3 is 9.64 Å². The van der Waals surface area contributed by atoms with Crippen LogP contribution in [0.3, 0.4) is 0 Å². The van der Waals surface area contributed by atoms with Gasteiger partial charge in [0.2, 0.25) is 5.91 Å². The van der Waals surface area contributed by atoms with E-state index in [1.165, 1.54) is 30.6 Å². The predicted molar refractivity (Wildman–Crippen MR) is 105 cm³/mol. The first-order valence-corrected chi connectivity index (χ1v) is 10.5. The molecule has 0 radical (unpaired) electrons. The summed E-state index contributed by atoms with van der Waals surface area (Å²) in [4.78, 5) is 16.5. The van der Waals surface area contributed by atoms with Crippen LogP contribution in [0, 0.1) is 17.8 Å². The zero-order chi connectivity index (χ0) is 17.9. The van der Waals surface area contributed by atoms with E-state index in [-0.39, 0.29) is 0 Å². The van der Waals surface area contributed by atoms with Gasteiger partial charge in [0.05, 0.1) is 13.7 Å². The average molecular weight is 370 g/mol. The Morgan fingerprint density at radius 2 is 2.04 bits per heavy atom. The minimum absolute atomic E-state index is 0.293. The van der Waals surface area contributed by atoms with Gasteiger partial charge in [0.25, 0.3) is 0 Å². The van der Waals surface area contributed by atoms with Crippen molar-refractivity contribution in [2.75, 3.05) is 7.11 Å². The van der Waals surface area contributed by atoms with E-state index in [9.17, 15) is 4.79 Å². The van der Waals surface area contributed by atoms with E-state index in [1.54, 1.807) is 18.4 Å². The third-order valence-corrected chi connectivity index (χ3v) is 7.02. The first-order valence-electron chi connectivity index (χ1n) is 9.65. The number of thiophene rings is 1. The van der Waals surface area contributed by atoms with Crippen molar-refractivity contribution in [1.29, 1.82) is 0 Å². The fourth-order valence-electron chi connectivity index (χ4n) is 4.84. The number of para-hydroxylation sites is 1. The zero-order valence-electron chi connectivity index (χ0n) is 15.4. The summed E-state index contributed by atoms with van der Waals surface area (Å²) in [6.07, 6.45) is 6.05. The molecule has 0 aliphatic heterocycles.